The maximum Gasteiger partial charge on any atom is 0.260 e. The minimum Gasteiger partial charge on any atom is -0.462 e. The molecule has 5 nitrogen and oxygen atoms in total. The van der Waals surface area contributed by atoms with Gasteiger partial charge in [0.2, 0.25) is 0 Å². The molecule has 0 fully saturated rings. The molecule has 2 aliphatic rings. The van der Waals surface area contributed by atoms with Gasteiger partial charge in [-0.2, -0.15) is 10.3 Å². The van der Waals surface area contributed by atoms with E-state index in [-0.39, 0.29) is 17.3 Å². The molecule has 0 radical (unpaired) electrons. The van der Waals surface area contributed by atoms with E-state index in [0.717, 1.165) is 5.76 Å². The SMILES string of the molecule is Cc1ccc(/C=C(\C#N)C2=NC(=O)C3C=CC=CC3=N2)o1. The second-order valence-electron chi connectivity index (χ2n) is 4.65. The smallest absolute Gasteiger partial charge is 0.260 e. The first-order valence-corrected chi connectivity index (χ1v) is 6.42. The van der Waals surface area contributed by atoms with E-state index in [1.54, 1.807) is 36.4 Å². The van der Waals surface area contributed by atoms with E-state index in [1.165, 1.54) is 6.08 Å². The second kappa shape index (κ2) is 5.17. The molecule has 0 saturated heterocycles. The summed E-state index contributed by atoms with van der Waals surface area (Å²) in [6.07, 6.45) is 8.62. The third-order valence-electron chi connectivity index (χ3n) is 3.13. The van der Waals surface area contributed by atoms with Crippen molar-refractivity contribution in [3.8, 4) is 6.07 Å². The fourth-order valence-electron chi connectivity index (χ4n) is 2.11. The number of furan rings is 1. The van der Waals surface area contributed by atoms with Crippen LogP contribution in [-0.4, -0.2) is 17.5 Å². The molecule has 0 saturated carbocycles. The van der Waals surface area contributed by atoms with E-state index in [2.05, 4.69) is 9.98 Å². The molecule has 0 bridgehead atoms. The van der Waals surface area contributed by atoms with Crippen LogP contribution in [0.4, 0.5) is 0 Å². The molecule has 3 rings (SSSR count). The van der Waals surface area contributed by atoms with Crippen LogP contribution in [0.1, 0.15) is 11.5 Å². The van der Waals surface area contributed by atoms with Crippen molar-refractivity contribution in [2.75, 3.05) is 0 Å². The summed E-state index contributed by atoms with van der Waals surface area (Å²) in [4.78, 5) is 20.2. The van der Waals surface area contributed by atoms with Crippen molar-refractivity contribution in [1.29, 1.82) is 5.26 Å². The van der Waals surface area contributed by atoms with Gasteiger partial charge in [-0.25, -0.2) is 4.99 Å². The fraction of sp³-hybridized carbons (Fsp3) is 0.125. The molecule has 1 atom stereocenters. The first-order chi connectivity index (χ1) is 10.2. The van der Waals surface area contributed by atoms with Crippen molar-refractivity contribution >= 4 is 23.5 Å². The van der Waals surface area contributed by atoms with Crippen LogP contribution in [-0.2, 0) is 4.79 Å². The summed E-state index contributed by atoms with van der Waals surface area (Å²) in [7, 11) is 0. The molecule has 0 aromatic carbocycles. The fourth-order valence-corrected chi connectivity index (χ4v) is 2.11. The van der Waals surface area contributed by atoms with Crippen molar-refractivity contribution in [3.05, 3.63) is 53.5 Å². The molecule has 1 aliphatic heterocycles. The average molecular weight is 277 g/mol. The summed E-state index contributed by atoms with van der Waals surface area (Å²) in [5.41, 5.74) is 0.802. The molecular weight excluding hydrogens is 266 g/mol. The van der Waals surface area contributed by atoms with Crippen LogP contribution in [0.5, 0.6) is 0 Å². The molecule has 5 heteroatoms. The number of carbonyl (C=O) groups is 1. The van der Waals surface area contributed by atoms with Crippen LogP contribution < -0.4 is 0 Å². The zero-order valence-corrected chi connectivity index (χ0v) is 11.3. The lowest BCUT2D eigenvalue weighted by molar-refractivity contribution is -0.118. The van der Waals surface area contributed by atoms with Gasteiger partial charge >= 0.3 is 0 Å². The third kappa shape index (κ3) is 2.51. The van der Waals surface area contributed by atoms with Crippen molar-refractivity contribution in [1.82, 2.24) is 0 Å². The van der Waals surface area contributed by atoms with E-state index in [4.69, 9.17) is 4.42 Å². The summed E-state index contributed by atoms with van der Waals surface area (Å²) >= 11 is 0. The lowest BCUT2D eigenvalue weighted by Crippen LogP contribution is -2.27. The van der Waals surface area contributed by atoms with E-state index >= 15 is 0 Å². The Kier molecular flexibility index (Phi) is 3.20. The number of aryl methyl sites for hydroxylation is 1. The van der Waals surface area contributed by atoms with Crippen LogP contribution in [0.25, 0.3) is 6.08 Å². The number of nitriles is 1. The van der Waals surface area contributed by atoms with Crippen molar-refractivity contribution < 1.29 is 9.21 Å². The van der Waals surface area contributed by atoms with Crippen LogP contribution in [0.15, 0.2) is 56.4 Å². The van der Waals surface area contributed by atoms with Gasteiger partial charge in [0.05, 0.1) is 5.71 Å². The number of amides is 1. The first-order valence-electron chi connectivity index (χ1n) is 6.42. The maximum atomic E-state index is 12.0. The number of amidine groups is 1. The number of carbonyl (C=O) groups excluding carboxylic acids is 1. The Labute approximate surface area is 121 Å². The summed E-state index contributed by atoms with van der Waals surface area (Å²) < 4.78 is 5.40. The normalized spacial score (nSPS) is 20.7. The lowest BCUT2D eigenvalue weighted by Gasteiger charge is -2.17. The van der Waals surface area contributed by atoms with Crippen LogP contribution in [0.2, 0.25) is 0 Å². The number of hydrogen-bond acceptors (Lipinski definition) is 4. The van der Waals surface area contributed by atoms with Gasteiger partial charge in [0.1, 0.15) is 29.1 Å². The third-order valence-corrected chi connectivity index (χ3v) is 3.13. The highest BCUT2D eigenvalue weighted by atomic mass is 16.3. The number of fused-ring (bicyclic) bond motifs is 1. The molecule has 0 spiro atoms. The van der Waals surface area contributed by atoms with Gasteiger partial charge in [-0.05, 0) is 25.1 Å². The minimum atomic E-state index is -0.440. The average Bonchev–Trinajstić information content (AvgIpc) is 2.90. The molecule has 21 heavy (non-hydrogen) atoms. The molecule has 1 unspecified atom stereocenters. The largest absolute Gasteiger partial charge is 0.462 e. The number of allylic oxidation sites excluding steroid dienone is 3. The summed E-state index contributed by atoms with van der Waals surface area (Å²) in [6.45, 7) is 1.81. The second-order valence-corrected chi connectivity index (χ2v) is 4.65. The highest BCUT2D eigenvalue weighted by Crippen LogP contribution is 2.20. The number of rotatable bonds is 2. The Morgan fingerprint density at radius 1 is 1.38 bits per heavy atom. The van der Waals surface area contributed by atoms with Crippen LogP contribution in [0.3, 0.4) is 0 Å². The Bertz CT molecular complexity index is 798. The van der Waals surface area contributed by atoms with Crippen molar-refractivity contribution in [3.63, 3.8) is 0 Å². The van der Waals surface area contributed by atoms with Gasteiger partial charge in [-0.3, -0.25) is 4.79 Å². The Morgan fingerprint density at radius 3 is 2.95 bits per heavy atom. The monoisotopic (exact) mass is 277 g/mol. The van der Waals surface area contributed by atoms with Gasteiger partial charge in [-0.1, -0.05) is 18.2 Å². The molecule has 0 N–H and O–H groups in total. The van der Waals surface area contributed by atoms with Gasteiger partial charge in [-0.15, -0.1) is 0 Å². The quantitative estimate of drug-likeness (QED) is 0.779. The molecule has 1 aromatic heterocycles. The summed E-state index contributed by atoms with van der Waals surface area (Å²) in [5, 5.41) is 9.28. The summed E-state index contributed by atoms with van der Waals surface area (Å²) in [5.74, 6) is 0.646. The number of nitrogens with zero attached hydrogens (tertiary/aromatic N) is 3. The van der Waals surface area contributed by atoms with E-state index < -0.39 is 5.92 Å². The Hall–Kier alpha value is -3.00. The number of hydrogen-bond donors (Lipinski definition) is 0. The van der Waals surface area contributed by atoms with Gasteiger partial charge < -0.3 is 4.42 Å². The van der Waals surface area contributed by atoms with Crippen LogP contribution in [0, 0.1) is 24.2 Å². The lowest BCUT2D eigenvalue weighted by atomic mass is 9.96. The highest BCUT2D eigenvalue weighted by Gasteiger charge is 2.27. The van der Waals surface area contributed by atoms with Crippen LogP contribution >= 0.6 is 0 Å². The molecule has 1 aromatic rings. The minimum absolute atomic E-state index is 0.128. The predicted molar refractivity (Wildman–Crippen MR) is 78.7 cm³/mol. The van der Waals surface area contributed by atoms with Gasteiger partial charge in [0, 0.05) is 6.08 Å². The van der Waals surface area contributed by atoms with E-state index in [1.807, 2.05) is 13.0 Å². The van der Waals surface area contributed by atoms with E-state index in [0.29, 0.717) is 11.5 Å². The highest BCUT2D eigenvalue weighted by molar-refractivity contribution is 6.25. The first kappa shape index (κ1) is 13.0. The standard InChI is InChI=1S/C16H11N3O2/c1-10-6-7-12(21-10)8-11(9-17)15-18-14-5-3-2-4-13(14)16(20)19-15/h2-8,13H,1H3/b11-8+. The molecule has 102 valence electrons. The maximum absolute atomic E-state index is 12.0. The number of aliphatic imine (C=N–C) groups is 2. The topological polar surface area (TPSA) is 78.7 Å². The van der Waals surface area contributed by atoms with E-state index in [9.17, 15) is 10.1 Å². The van der Waals surface area contributed by atoms with Gasteiger partial charge in [0.15, 0.2) is 5.84 Å². The molecule has 2 heterocycles. The Balaban J connectivity index is 1.99. The van der Waals surface area contributed by atoms with Gasteiger partial charge in [0.25, 0.3) is 5.91 Å². The Morgan fingerprint density at radius 2 is 2.24 bits per heavy atom. The summed E-state index contributed by atoms with van der Waals surface area (Å²) in [6, 6.07) is 5.56. The van der Waals surface area contributed by atoms with Crippen molar-refractivity contribution in [2.45, 2.75) is 6.92 Å². The van der Waals surface area contributed by atoms with Crippen molar-refractivity contribution in [2.24, 2.45) is 15.9 Å². The molecule has 1 aliphatic carbocycles. The molecular formula is C16H11N3O2. The zero-order chi connectivity index (χ0) is 14.8. The predicted octanol–water partition coefficient (Wildman–Crippen LogP) is 2.62. The zero-order valence-electron chi connectivity index (χ0n) is 11.3. The molecule has 1 amide bonds.